The van der Waals surface area contributed by atoms with Crippen LogP contribution in [-0.4, -0.2) is 6.04 Å². The third-order valence-electron chi connectivity index (χ3n) is 3.11. The zero-order chi connectivity index (χ0) is 11.1. The quantitative estimate of drug-likeness (QED) is 0.858. The molecule has 1 aromatic heterocycles. The van der Waals surface area contributed by atoms with Crippen molar-refractivity contribution in [1.29, 1.82) is 0 Å². The Kier molecular flexibility index (Phi) is 2.21. The third-order valence-corrected chi connectivity index (χ3v) is 3.11. The van der Waals surface area contributed by atoms with Crippen LogP contribution in [0.2, 0.25) is 0 Å². The van der Waals surface area contributed by atoms with Crippen molar-refractivity contribution < 1.29 is 8.81 Å². The van der Waals surface area contributed by atoms with Crippen molar-refractivity contribution >= 4 is 11.0 Å². The van der Waals surface area contributed by atoms with E-state index in [1.165, 1.54) is 12.8 Å². The molecular weight excluding hydrogens is 205 g/mol. The van der Waals surface area contributed by atoms with E-state index < -0.39 is 0 Å². The summed E-state index contributed by atoms with van der Waals surface area (Å²) in [4.78, 5) is 0. The van der Waals surface area contributed by atoms with E-state index >= 15 is 0 Å². The second-order valence-electron chi connectivity index (χ2n) is 4.49. The highest BCUT2D eigenvalue weighted by Crippen LogP contribution is 2.27. The second kappa shape index (κ2) is 3.59. The highest BCUT2D eigenvalue weighted by atomic mass is 19.1. The Bertz CT molecular complexity index is 528. The second-order valence-corrected chi connectivity index (χ2v) is 4.49. The molecule has 0 amide bonds. The number of nitrogens with one attached hydrogen (secondary N) is 1. The maximum atomic E-state index is 13.7. The fourth-order valence-corrected chi connectivity index (χ4v) is 1.89. The molecule has 1 heterocycles. The Hall–Kier alpha value is -1.35. The number of benzene rings is 1. The highest BCUT2D eigenvalue weighted by molar-refractivity contribution is 5.82. The predicted octanol–water partition coefficient (Wildman–Crippen LogP) is 3.13. The lowest BCUT2D eigenvalue weighted by atomic mass is 10.1. The first-order valence-electron chi connectivity index (χ1n) is 5.64. The van der Waals surface area contributed by atoms with Crippen molar-refractivity contribution in [3.8, 4) is 0 Å². The van der Waals surface area contributed by atoms with Gasteiger partial charge in [0.2, 0.25) is 0 Å². The minimum Gasteiger partial charge on any atom is -0.461 e. The summed E-state index contributed by atoms with van der Waals surface area (Å²) in [5.41, 5.74) is 2.05. The molecule has 2 nitrogen and oxygen atoms in total. The Morgan fingerprint density at radius 1 is 1.44 bits per heavy atom. The number of hydrogen-bond donors (Lipinski definition) is 1. The fraction of sp³-hybridized carbons (Fsp3) is 0.385. The molecule has 2 aromatic rings. The molecule has 0 spiro atoms. The number of hydrogen-bond acceptors (Lipinski definition) is 2. The molecule has 1 fully saturated rings. The Balaban J connectivity index is 1.96. The van der Waals surface area contributed by atoms with Gasteiger partial charge in [0.25, 0.3) is 0 Å². The lowest BCUT2D eigenvalue weighted by molar-refractivity contribution is 0.552. The van der Waals surface area contributed by atoms with Crippen molar-refractivity contribution in [3.05, 3.63) is 35.3 Å². The minimum absolute atomic E-state index is 0.241. The van der Waals surface area contributed by atoms with Gasteiger partial charge < -0.3 is 9.73 Å². The molecule has 0 unspecified atom stereocenters. The van der Waals surface area contributed by atoms with E-state index in [0.717, 1.165) is 17.5 Å². The van der Waals surface area contributed by atoms with Crippen molar-refractivity contribution in [2.75, 3.05) is 0 Å². The molecule has 84 valence electrons. The Morgan fingerprint density at radius 2 is 2.25 bits per heavy atom. The van der Waals surface area contributed by atoms with Crippen LogP contribution in [0.25, 0.3) is 11.0 Å². The molecule has 1 aliphatic rings. The molecule has 0 atom stereocenters. The summed E-state index contributed by atoms with van der Waals surface area (Å²) >= 11 is 0. The number of rotatable bonds is 3. The maximum Gasteiger partial charge on any atom is 0.170 e. The van der Waals surface area contributed by atoms with Crippen LogP contribution in [0.5, 0.6) is 0 Å². The topological polar surface area (TPSA) is 25.2 Å². The monoisotopic (exact) mass is 219 g/mol. The summed E-state index contributed by atoms with van der Waals surface area (Å²) in [6.07, 6.45) is 4.16. The molecule has 0 aliphatic heterocycles. The van der Waals surface area contributed by atoms with E-state index in [9.17, 15) is 4.39 Å². The van der Waals surface area contributed by atoms with Crippen LogP contribution in [0.4, 0.5) is 4.39 Å². The van der Waals surface area contributed by atoms with Gasteiger partial charge in [-0.3, -0.25) is 0 Å². The molecule has 16 heavy (non-hydrogen) atoms. The van der Waals surface area contributed by atoms with Crippen LogP contribution in [0, 0.1) is 12.7 Å². The van der Waals surface area contributed by atoms with E-state index in [1.807, 2.05) is 6.07 Å². The Labute approximate surface area is 93.4 Å². The standard InChI is InChI=1S/C13H14FNO/c1-8-2-5-11-9(6-15-10-3-4-10)7-16-13(11)12(8)14/h2,5,7,10,15H,3-4,6H2,1H3. The summed E-state index contributed by atoms with van der Waals surface area (Å²) in [5, 5.41) is 4.29. The SMILES string of the molecule is Cc1ccc2c(CNC3CC3)coc2c1F. The van der Waals surface area contributed by atoms with Crippen LogP contribution < -0.4 is 5.32 Å². The highest BCUT2D eigenvalue weighted by Gasteiger charge is 2.21. The van der Waals surface area contributed by atoms with Crippen LogP contribution in [0.15, 0.2) is 22.8 Å². The molecular formula is C13H14FNO. The van der Waals surface area contributed by atoms with Gasteiger partial charge in [0.1, 0.15) is 0 Å². The van der Waals surface area contributed by atoms with Gasteiger partial charge in [0.05, 0.1) is 6.26 Å². The van der Waals surface area contributed by atoms with Gasteiger partial charge in [-0.15, -0.1) is 0 Å². The van der Waals surface area contributed by atoms with Crippen LogP contribution in [0.3, 0.4) is 0 Å². The third kappa shape index (κ3) is 1.61. The van der Waals surface area contributed by atoms with Crippen LogP contribution in [0.1, 0.15) is 24.0 Å². The zero-order valence-corrected chi connectivity index (χ0v) is 9.22. The van der Waals surface area contributed by atoms with Gasteiger partial charge in [0.15, 0.2) is 11.4 Å². The van der Waals surface area contributed by atoms with Gasteiger partial charge in [-0.05, 0) is 25.3 Å². The lowest BCUT2D eigenvalue weighted by Crippen LogP contribution is -2.14. The van der Waals surface area contributed by atoms with E-state index in [1.54, 1.807) is 19.3 Å². The summed E-state index contributed by atoms with van der Waals surface area (Å²) < 4.78 is 19.0. The van der Waals surface area contributed by atoms with Crippen LogP contribution >= 0.6 is 0 Å². The summed E-state index contributed by atoms with van der Waals surface area (Å²) in [6, 6.07) is 4.38. The van der Waals surface area contributed by atoms with E-state index in [0.29, 0.717) is 17.2 Å². The molecule has 0 bridgehead atoms. The van der Waals surface area contributed by atoms with E-state index in [4.69, 9.17) is 4.42 Å². The zero-order valence-electron chi connectivity index (χ0n) is 9.22. The average molecular weight is 219 g/mol. The maximum absolute atomic E-state index is 13.7. The minimum atomic E-state index is -0.241. The van der Waals surface area contributed by atoms with Crippen molar-refractivity contribution in [2.45, 2.75) is 32.4 Å². The molecule has 0 saturated heterocycles. The Morgan fingerprint density at radius 3 is 3.00 bits per heavy atom. The van der Waals surface area contributed by atoms with Crippen molar-refractivity contribution in [1.82, 2.24) is 5.32 Å². The summed E-state index contributed by atoms with van der Waals surface area (Å²) in [6.45, 7) is 2.51. The average Bonchev–Trinajstić information content (AvgIpc) is 3.01. The molecule has 1 N–H and O–H groups in total. The molecule has 3 heteroatoms. The predicted molar refractivity (Wildman–Crippen MR) is 60.8 cm³/mol. The van der Waals surface area contributed by atoms with Crippen molar-refractivity contribution in [2.24, 2.45) is 0 Å². The van der Waals surface area contributed by atoms with Gasteiger partial charge in [-0.1, -0.05) is 12.1 Å². The number of furan rings is 1. The summed E-state index contributed by atoms with van der Waals surface area (Å²) in [7, 11) is 0. The van der Waals surface area contributed by atoms with Crippen molar-refractivity contribution in [3.63, 3.8) is 0 Å². The molecule has 1 aromatic carbocycles. The number of aryl methyl sites for hydroxylation is 1. The first-order valence-corrected chi connectivity index (χ1v) is 5.64. The number of halogens is 1. The van der Waals surface area contributed by atoms with Gasteiger partial charge >= 0.3 is 0 Å². The molecule has 0 radical (unpaired) electrons. The fourth-order valence-electron chi connectivity index (χ4n) is 1.89. The largest absolute Gasteiger partial charge is 0.461 e. The number of fused-ring (bicyclic) bond motifs is 1. The normalized spacial score (nSPS) is 15.9. The van der Waals surface area contributed by atoms with Crippen LogP contribution in [-0.2, 0) is 6.54 Å². The lowest BCUT2D eigenvalue weighted by Gasteiger charge is -2.00. The first-order chi connectivity index (χ1) is 7.75. The van der Waals surface area contributed by atoms with Gasteiger partial charge in [-0.2, -0.15) is 0 Å². The van der Waals surface area contributed by atoms with E-state index in [-0.39, 0.29) is 5.82 Å². The van der Waals surface area contributed by atoms with Gasteiger partial charge in [0, 0.05) is 23.5 Å². The van der Waals surface area contributed by atoms with Gasteiger partial charge in [-0.25, -0.2) is 4.39 Å². The smallest absolute Gasteiger partial charge is 0.170 e. The molecule has 3 rings (SSSR count). The van der Waals surface area contributed by atoms with E-state index in [2.05, 4.69) is 5.32 Å². The first kappa shape index (κ1) is 9.85. The summed E-state index contributed by atoms with van der Waals surface area (Å²) in [5.74, 6) is -0.241. The molecule has 1 aliphatic carbocycles. The molecule has 1 saturated carbocycles.